The van der Waals surface area contributed by atoms with Gasteiger partial charge < -0.3 is 20.1 Å². The van der Waals surface area contributed by atoms with Gasteiger partial charge >= 0.3 is 0 Å². The van der Waals surface area contributed by atoms with Crippen LogP contribution in [0.25, 0.3) is 0 Å². The predicted molar refractivity (Wildman–Crippen MR) is 104 cm³/mol. The highest BCUT2D eigenvalue weighted by Crippen LogP contribution is 2.32. The van der Waals surface area contributed by atoms with Crippen LogP contribution >= 0.6 is 24.0 Å². The number of hydrogen-bond acceptors (Lipinski definition) is 4. The summed E-state index contributed by atoms with van der Waals surface area (Å²) in [6, 6.07) is 12.4. The topological polar surface area (TPSA) is 42.5 Å². The van der Waals surface area contributed by atoms with Crippen molar-refractivity contribution in [1.29, 1.82) is 0 Å². The molecule has 0 spiro atoms. The molecule has 1 aliphatic rings. The second kappa shape index (κ2) is 8.55. The molecule has 0 saturated heterocycles. The molecule has 0 aromatic heterocycles. The Morgan fingerprint density at radius 2 is 1.77 bits per heavy atom. The van der Waals surface area contributed by atoms with E-state index in [1.807, 2.05) is 25.1 Å². The quantitative estimate of drug-likeness (QED) is 0.558. The highest BCUT2D eigenvalue weighted by Gasteiger charge is 2.15. The van der Waals surface area contributed by atoms with Crippen molar-refractivity contribution in [2.24, 2.45) is 0 Å². The smallest absolute Gasteiger partial charge is 0.288 e. The normalized spacial score (nSPS) is 14.0. The zero-order chi connectivity index (χ0) is 18.5. The maximum absolute atomic E-state index is 12.3. The average Bonchev–Trinajstić information content (AvgIpc) is 2.62. The van der Waals surface area contributed by atoms with Crippen molar-refractivity contribution in [3.63, 3.8) is 0 Å². The van der Waals surface area contributed by atoms with Crippen LogP contribution in [0.1, 0.15) is 18.5 Å². The summed E-state index contributed by atoms with van der Waals surface area (Å²) >= 11 is 5.85. The van der Waals surface area contributed by atoms with Gasteiger partial charge in [0.2, 0.25) is 0 Å². The average molecular weight is 396 g/mol. The number of hydrogen-bond donors (Lipinski definition) is 2. The lowest BCUT2D eigenvalue weighted by molar-refractivity contribution is 0.171. The number of alkyl halides is 2. The van der Waals surface area contributed by atoms with Crippen molar-refractivity contribution in [3.8, 4) is 11.5 Å². The molecule has 0 amide bonds. The van der Waals surface area contributed by atoms with Crippen molar-refractivity contribution in [1.82, 2.24) is 5.32 Å². The maximum Gasteiger partial charge on any atom is 0.288 e. The summed E-state index contributed by atoms with van der Waals surface area (Å²) < 4.78 is 35.8. The van der Waals surface area contributed by atoms with Gasteiger partial charge in [0.25, 0.3) is 5.76 Å². The van der Waals surface area contributed by atoms with Gasteiger partial charge in [-0.25, -0.2) is 0 Å². The van der Waals surface area contributed by atoms with Gasteiger partial charge in [-0.1, -0.05) is 17.8 Å². The standard InChI is InChI=1S/C18H18F2N2O2S2/c1-11(12-2-7-15-16(10-12)24-9-8-23-15)21-18(25)22-13-3-5-14(6-4-13)26-17(19)20/h2-7,10-11,17H,8-9H2,1H3,(H2,21,22,25)/t11-/m1/s1. The van der Waals surface area contributed by atoms with E-state index in [0.29, 0.717) is 35.0 Å². The number of ether oxygens (including phenoxy) is 2. The molecule has 1 atom stereocenters. The Morgan fingerprint density at radius 1 is 1.08 bits per heavy atom. The second-order valence-corrected chi connectivity index (χ2v) is 7.10. The van der Waals surface area contributed by atoms with E-state index >= 15 is 0 Å². The third-order valence-electron chi connectivity index (χ3n) is 3.75. The molecule has 8 heteroatoms. The van der Waals surface area contributed by atoms with Crippen LogP contribution in [0.15, 0.2) is 47.4 Å². The van der Waals surface area contributed by atoms with Gasteiger partial charge in [-0.15, -0.1) is 0 Å². The van der Waals surface area contributed by atoms with Crippen LogP contribution in [0.3, 0.4) is 0 Å². The van der Waals surface area contributed by atoms with Crippen molar-refractivity contribution >= 4 is 34.8 Å². The lowest BCUT2D eigenvalue weighted by atomic mass is 10.1. The minimum Gasteiger partial charge on any atom is -0.486 e. The molecule has 138 valence electrons. The Hall–Kier alpha value is -2.06. The van der Waals surface area contributed by atoms with Gasteiger partial charge in [-0.05, 0) is 61.1 Å². The third-order valence-corrected chi connectivity index (χ3v) is 4.69. The molecule has 26 heavy (non-hydrogen) atoms. The highest BCUT2D eigenvalue weighted by molar-refractivity contribution is 7.99. The van der Waals surface area contributed by atoms with Crippen LogP contribution in [0.5, 0.6) is 11.5 Å². The number of rotatable bonds is 5. The Labute approximate surface area is 160 Å². The molecule has 0 saturated carbocycles. The SMILES string of the molecule is C[C@@H](NC(=S)Nc1ccc(SC(F)F)cc1)c1ccc2c(c1)OCCO2. The molecule has 0 fully saturated rings. The van der Waals surface area contributed by atoms with E-state index in [1.54, 1.807) is 24.3 Å². The molecule has 0 radical (unpaired) electrons. The van der Waals surface area contributed by atoms with Gasteiger partial charge in [0, 0.05) is 10.6 Å². The van der Waals surface area contributed by atoms with Crippen LogP contribution in [-0.2, 0) is 0 Å². The number of nitrogens with one attached hydrogen (secondary N) is 2. The Bertz CT molecular complexity index is 772. The first-order valence-electron chi connectivity index (χ1n) is 8.03. The Balaban J connectivity index is 1.57. The van der Waals surface area contributed by atoms with Crippen molar-refractivity contribution in [3.05, 3.63) is 48.0 Å². The number of fused-ring (bicyclic) bond motifs is 1. The molecule has 2 aromatic rings. The fourth-order valence-corrected chi connectivity index (χ4v) is 3.29. The predicted octanol–water partition coefficient (Wildman–Crippen LogP) is 4.82. The van der Waals surface area contributed by atoms with E-state index in [1.165, 1.54) is 0 Å². The minimum atomic E-state index is -2.43. The van der Waals surface area contributed by atoms with Crippen LogP contribution in [-0.4, -0.2) is 24.1 Å². The van der Waals surface area contributed by atoms with Gasteiger partial charge in [0.1, 0.15) is 13.2 Å². The number of anilines is 1. The van der Waals surface area contributed by atoms with Gasteiger partial charge in [-0.3, -0.25) is 0 Å². The third kappa shape index (κ3) is 4.98. The first-order valence-corrected chi connectivity index (χ1v) is 9.32. The fourth-order valence-electron chi connectivity index (χ4n) is 2.50. The number of benzene rings is 2. The van der Waals surface area contributed by atoms with Crippen LogP contribution < -0.4 is 20.1 Å². The Kier molecular flexibility index (Phi) is 6.16. The van der Waals surface area contributed by atoms with Crippen LogP contribution in [0.2, 0.25) is 0 Å². The summed E-state index contributed by atoms with van der Waals surface area (Å²) in [5.41, 5.74) is 1.75. The molecule has 0 aliphatic carbocycles. The molecule has 4 nitrogen and oxygen atoms in total. The van der Waals surface area contributed by atoms with Crippen molar-refractivity contribution in [2.75, 3.05) is 18.5 Å². The van der Waals surface area contributed by atoms with E-state index in [9.17, 15) is 8.78 Å². The zero-order valence-electron chi connectivity index (χ0n) is 14.0. The Morgan fingerprint density at radius 3 is 2.46 bits per heavy atom. The van der Waals surface area contributed by atoms with Gasteiger partial charge in [-0.2, -0.15) is 8.78 Å². The van der Waals surface area contributed by atoms with Crippen molar-refractivity contribution in [2.45, 2.75) is 23.6 Å². The molecule has 2 aromatic carbocycles. The van der Waals surface area contributed by atoms with Crippen LogP contribution in [0, 0.1) is 0 Å². The summed E-state index contributed by atoms with van der Waals surface area (Å²) in [6.45, 7) is 3.09. The maximum atomic E-state index is 12.3. The highest BCUT2D eigenvalue weighted by atomic mass is 32.2. The van der Waals surface area contributed by atoms with E-state index < -0.39 is 5.76 Å². The summed E-state index contributed by atoms with van der Waals surface area (Å²) in [5.74, 6) is -0.952. The monoisotopic (exact) mass is 396 g/mol. The summed E-state index contributed by atoms with van der Waals surface area (Å²) in [5, 5.41) is 6.70. The molecule has 3 rings (SSSR count). The number of halogens is 2. The fraction of sp³-hybridized carbons (Fsp3) is 0.278. The zero-order valence-corrected chi connectivity index (χ0v) is 15.6. The van der Waals surface area contributed by atoms with E-state index in [2.05, 4.69) is 10.6 Å². The lowest BCUT2D eigenvalue weighted by Gasteiger charge is -2.22. The summed E-state index contributed by atoms with van der Waals surface area (Å²) in [6.07, 6.45) is 0. The minimum absolute atomic E-state index is 0.0421. The molecular weight excluding hydrogens is 378 g/mol. The molecule has 0 unspecified atom stereocenters. The first kappa shape index (κ1) is 18.7. The van der Waals surface area contributed by atoms with Crippen molar-refractivity contribution < 1.29 is 18.3 Å². The first-order chi connectivity index (χ1) is 12.5. The summed E-state index contributed by atoms with van der Waals surface area (Å²) in [7, 11) is 0. The van der Waals surface area contributed by atoms with Gasteiger partial charge in [0.05, 0.1) is 6.04 Å². The summed E-state index contributed by atoms with van der Waals surface area (Å²) in [4.78, 5) is 0.508. The molecule has 1 heterocycles. The van der Waals surface area contributed by atoms with E-state index in [4.69, 9.17) is 21.7 Å². The van der Waals surface area contributed by atoms with Gasteiger partial charge in [0.15, 0.2) is 16.6 Å². The largest absolute Gasteiger partial charge is 0.486 e. The number of thiocarbonyl (C=S) groups is 1. The molecular formula is C18H18F2N2O2S2. The molecule has 1 aliphatic heterocycles. The number of thioether (sulfide) groups is 1. The van der Waals surface area contributed by atoms with E-state index in [0.717, 1.165) is 22.7 Å². The molecule has 2 N–H and O–H groups in total. The van der Waals surface area contributed by atoms with Crippen LogP contribution in [0.4, 0.5) is 14.5 Å². The molecule has 0 bridgehead atoms. The van der Waals surface area contributed by atoms with E-state index in [-0.39, 0.29) is 6.04 Å². The lowest BCUT2D eigenvalue weighted by Crippen LogP contribution is -2.31. The second-order valence-electron chi connectivity index (χ2n) is 5.63.